The molecule has 0 radical (unpaired) electrons. The van der Waals surface area contributed by atoms with E-state index in [4.69, 9.17) is 5.73 Å². The lowest BCUT2D eigenvalue weighted by molar-refractivity contribution is 0.0682. The summed E-state index contributed by atoms with van der Waals surface area (Å²) in [5.74, 6) is -0.719. The smallest absolute Gasteiger partial charge is 0.261 e. The van der Waals surface area contributed by atoms with E-state index in [1.165, 1.54) is 18.2 Å². The van der Waals surface area contributed by atoms with Gasteiger partial charge in [0.1, 0.15) is 17.1 Å². The number of hydrogen-bond acceptors (Lipinski definition) is 4. The Labute approximate surface area is 112 Å². The number of nitrogens with two attached hydrogens (primary N) is 1. The summed E-state index contributed by atoms with van der Waals surface area (Å²) in [6.07, 6.45) is 4.12. The standard InChI is InChI=1S/C14H20N2O3/c15-8-9-16(10-4-1-2-5-10)14(19)13-11(17)6-3-7-12(13)18/h3,6-7,10,17-18H,1-2,4-5,8-9,15H2. The van der Waals surface area contributed by atoms with Gasteiger partial charge in [-0.3, -0.25) is 4.79 Å². The molecular formula is C14H20N2O3. The maximum Gasteiger partial charge on any atom is 0.261 e. The minimum Gasteiger partial charge on any atom is -0.507 e. The van der Waals surface area contributed by atoms with Crippen LogP contribution < -0.4 is 5.73 Å². The number of amides is 1. The molecule has 0 heterocycles. The van der Waals surface area contributed by atoms with Crippen LogP contribution in [0, 0.1) is 0 Å². The molecule has 1 amide bonds. The van der Waals surface area contributed by atoms with Crippen molar-refractivity contribution in [1.29, 1.82) is 0 Å². The number of phenolic OH excluding ortho intramolecular Hbond substituents is 2. The summed E-state index contributed by atoms with van der Waals surface area (Å²) in [5.41, 5.74) is 5.54. The molecule has 1 aromatic carbocycles. The summed E-state index contributed by atoms with van der Waals surface area (Å²) >= 11 is 0. The Kier molecular flexibility index (Phi) is 4.27. The monoisotopic (exact) mass is 264 g/mol. The molecule has 5 heteroatoms. The van der Waals surface area contributed by atoms with E-state index in [2.05, 4.69) is 0 Å². The van der Waals surface area contributed by atoms with Gasteiger partial charge in [0.25, 0.3) is 5.91 Å². The van der Waals surface area contributed by atoms with Crippen LogP contribution in [0.5, 0.6) is 11.5 Å². The van der Waals surface area contributed by atoms with E-state index in [0.29, 0.717) is 13.1 Å². The van der Waals surface area contributed by atoms with Crippen LogP contribution in [0.15, 0.2) is 18.2 Å². The number of hydrogen-bond donors (Lipinski definition) is 3. The van der Waals surface area contributed by atoms with E-state index in [1.54, 1.807) is 4.90 Å². The number of carbonyl (C=O) groups is 1. The summed E-state index contributed by atoms with van der Waals surface area (Å²) in [4.78, 5) is 14.2. The van der Waals surface area contributed by atoms with Crippen molar-refractivity contribution in [3.8, 4) is 11.5 Å². The second-order valence-corrected chi connectivity index (χ2v) is 4.90. The molecule has 0 aliphatic heterocycles. The Morgan fingerprint density at radius 3 is 2.37 bits per heavy atom. The molecule has 1 aromatic rings. The highest BCUT2D eigenvalue weighted by molar-refractivity contribution is 5.99. The van der Waals surface area contributed by atoms with Crippen LogP contribution >= 0.6 is 0 Å². The van der Waals surface area contributed by atoms with Gasteiger partial charge in [0.15, 0.2) is 0 Å². The van der Waals surface area contributed by atoms with Crippen LogP contribution in [0.1, 0.15) is 36.0 Å². The second-order valence-electron chi connectivity index (χ2n) is 4.90. The molecule has 0 aromatic heterocycles. The van der Waals surface area contributed by atoms with E-state index in [0.717, 1.165) is 25.7 Å². The van der Waals surface area contributed by atoms with Gasteiger partial charge in [-0.2, -0.15) is 0 Å². The lowest BCUT2D eigenvalue weighted by atomic mass is 10.1. The van der Waals surface area contributed by atoms with Crippen molar-refractivity contribution in [2.45, 2.75) is 31.7 Å². The third-order valence-electron chi connectivity index (χ3n) is 3.63. The molecular weight excluding hydrogens is 244 g/mol. The zero-order valence-electron chi connectivity index (χ0n) is 10.9. The maximum atomic E-state index is 12.5. The van der Waals surface area contributed by atoms with Crippen molar-refractivity contribution < 1.29 is 15.0 Å². The molecule has 1 saturated carbocycles. The minimum atomic E-state index is -0.340. The molecule has 0 unspecified atom stereocenters. The predicted octanol–water partition coefficient (Wildman–Crippen LogP) is 1.44. The average Bonchev–Trinajstić information content (AvgIpc) is 2.89. The van der Waals surface area contributed by atoms with E-state index in [-0.39, 0.29) is 29.0 Å². The van der Waals surface area contributed by atoms with E-state index in [9.17, 15) is 15.0 Å². The van der Waals surface area contributed by atoms with Crippen LogP contribution in [-0.4, -0.2) is 40.2 Å². The number of aromatic hydroxyl groups is 2. The van der Waals surface area contributed by atoms with Crippen LogP contribution in [-0.2, 0) is 0 Å². The first-order valence-electron chi connectivity index (χ1n) is 6.67. The SMILES string of the molecule is NCCN(C(=O)c1c(O)cccc1O)C1CCCC1. The highest BCUT2D eigenvalue weighted by Crippen LogP contribution is 2.31. The molecule has 4 N–H and O–H groups in total. The lowest BCUT2D eigenvalue weighted by Gasteiger charge is -2.29. The third-order valence-corrected chi connectivity index (χ3v) is 3.63. The molecule has 1 aliphatic carbocycles. The number of carbonyl (C=O) groups excluding carboxylic acids is 1. The number of benzene rings is 1. The van der Waals surface area contributed by atoms with Gasteiger partial charge < -0.3 is 20.8 Å². The van der Waals surface area contributed by atoms with Crippen molar-refractivity contribution in [1.82, 2.24) is 4.90 Å². The summed E-state index contributed by atoms with van der Waals surface area (Å²) in [5, 5.41) is 19.6. The van der Waals surface area contributed by atoms with Crippen molar-refractivity contribution >= 4 is 5.91 Å². The van der Waals surface area contributed by atoms with Crippen molar-refractivity contribution in [3.05, 3.63) is 23.8 Å². The molecule has 5 nitrogen and oxygen atoms in total. The third kappa shape index (κ3) is 2.81. The number of phenols is 2. The summed E-state index contributed by atoms with van der Waals surface area (Å²) < 4.78 is 0. The minimum absolute atomic E-state index is 0.0251. The fourth-order valence-electron chi connectivity index (χ4n) is 2.70. The summed E-state index contributed by atoms with van der Waals surface area (Å²) in [6.45, 7) is 0.813. The number of rotatable bonds is 4. The van der Waals surface area contributed by atoms with Crippen LogP contribution in [0.25, 0.3) is 0 Å². The topological polar surface area (TPSA) is 86.8 Å². The van der Waals surface area contributed by atoms with Gasteiger partial charge in [-0.1, -0.05) is 18.9 Å². The lowest BCUT2D eigenvalue weighted by Crippen LogP contribution is -2.42. The zero-order chi connectivity index (χ0) is 13.8. The Bertz CT molecular complexity index is 436. The largest absolute Gasteiger partial charge is 0.507 e. The highest BCUT2D eigenvalue weighted by Gasteiger charge is 2.29. The Morgan fingerprint density at radius 2 is 1.84 bits per heavy atom. The van der Waals surface area contributed by atoms with Gasteiger partial charge in [-0.15, -0.1) is 0 Å². The Morgan fingerprint density at radius 1 is 1.26 bits per heavy atom. The molecule has 1 aliphatic rings. The molecule has 0 atom stereocenters. The summed E-state index contributed by atoms with van der Waals surface area (Å²) in [6, 6.07) is 4.48. The first-order chi connectivity index (χ1) is 9.15. The maximum absolute atomic E-state index is 12.5. The molecule has 0 bridgehead atoms. The van der Waals surface area contributed by atoms with Crippen molar-refractivity contribution in [3.63, 3.8) is 0 Å². The molecule has 2 rings (SSSR count). The zero-order valence-corrected chi connectivity index (χ0v) is 10.9. The molecule has 1 fully saturated rings. The normalized spacial score (nSPS) is 15.6. The average molecular weight is 264 g/mol. The highest BCUT2D eigenvalue weighted by atomic mass is 16.3. The van der Waals surface area contributed by atoms with Gasteiger partial charge in [0.05, 0.1) is 0 Å². The summed E-state index contributed by atoms with van der Waals surface area (Å²) in [7, 11) is 0. The Balaban J connectivity index is 2.28. The predicted molar refractivity (Wildman–Crippen MR) is 72.1 cm³/mol. The first-order valence-corrected chi connectivity index (χ1v) is 6.67. The quantitative estimate of drug-likeness (QED) is 0.768. The van der Waals surface area contributed by atoms with Crippen LogP contribution in [0.4, 0.5) is 0 Å². The van der Waals surface area contributed by atoms with E-state index < -0.39 is 0 Å². The van der Waals surface area contributed by atoms with Crippen molar-refractivity contribution in [2.24, 2.45) is 5.73 Å². The molecule has 19 heavy (non-hydrogen) atoms. The van der Waals surface area contributed by atoms with Gasteiger partial charge in [-0.25, -0.2) is 0 Å². The Hall–Kier alpha value is -1.75. The van der Waals surface area contributed by atoms with Gasteiger partial charge >= 0.3 is 0 Å². The van der Waals surface area contributed by atoms with E-state index >= 15 is 0 Å². The van der Waals surface area contributed by atoms with Crippen LogP contribution in [0.3, 0.4) is 0 Å². The van der Waals surface area contributed by atoms with Gasteiger partial charge in [0, 0.05) is 19.1 Å². The van der Waals surface area contributed by atoms with E-state index in [1.807, 2.05) is 0 Å². The van der Waals surface area contributed by atoms with Gasteiger partial charge in [-0.05, 0) is 25.0 Å². The fraction of sp³-hybridized carbons (Fsp3) is 0.500. The molecule has 104 valence electrons. The number of nitrogens with zero attached hydrogens (tertiary/aromatic N) is 1. The fourth-order valence-corrected chi connectivity index (χ4v) is 2.70. The van der Waals surface area contributed by atoms with Crippen LogP contribution in [0.2, 0.25) is 0 Å². The first kappa shape index (κ1) is 13.7. The second kappa shape index (κ2) is 5.93. The molecule has 0 saturated heterocycles. The van der Waals surface area contributed by atoms with Gasteiger partial charge in [0.2, 0.25) is 0 Å². The van der Waals surface area contributed by atoms with Crippen molar-refractivity contribution in [2.75, 3.05) is 13.1 Å². The molecule has 0 spiro atoms.